The smallest absolute Gasteiger partial charge is 0.258 e. The van der Waals surface area contributed by atoms with Crippen LogP contribution in [0.15, 0.2) is 54.6 Å². The van der Waals surface area contributed by atoms with Gasteiger partial charge < -0.3 is 15.0 Å². The predicted octanol–water partition coefficient (Wildman–Crippen LogP) is 3.55. The van der Waals surface area contributed by atoms with E-state index in [0.29, 0.717) is 5.75 Å². The minimum absolute atomic E-state index is 0.0139. The normalized spacial score (nSPS) is 12.0. The Labute approximate surface area is 151 Å². The molecule has 0 aliphatic carbocycles. The lowest BCUT2D eigenvalue weighted by molar-refractivity contribution is -0.123. The Morgan fingerprint density at radius 1 is 1.20 bits per heavy atom. The Bertz CT molecular complexity index is 787. The van der Waals surface area contributed by atoms with Gasteiger partial charge in [0.15, 0.2) is 6.61 Å². The fourth-order valence-electron chi connectivity index (χ4n) is 2.55. The van der Waals surface area contributed by atoms with Crippen LogP contribution in [0.1, 0.15) is 18.3 Å². The molecular weight excluding hydrogens is 334 g/mol. The number of rotatable bonds is 8. The van der Waals surface area contributed by atoms with Crippen molar-refractivity contribution in [3.05, 3.63) is 60.4 Å². The number of fused-ring (bicyclic) bond motifs is 1. The molecule has 0 bridgehead atoms. The zero-order valence-electron chi connectivity index (χ0n) is 14.1. The molecular formula is C19H21N3O2S. The molecule has 2 N–H and O–H groups in total. The largest absolute Gasteiger partial charge is 0.484 e. The Morgan fingerprint density at radius 2 is 1.96 bits per heavy atom. The Kier molecular flexibility index (Phi) is 5.95. The van der Waals surface area contributed by atoms with Gasteiger partial charge in [-0.2, -0.15) is 11.8 Å². The van der Waals surface area contributed by atoms with Crippen molar-refractivity contribution < 1.29 is 9.53 Å². The molecule has 1 atom stereocenters. The molecule has 5 nitrogen and oxygen atoms in total. The van der Waals surface area contributed by atoms with Gasteiger partial charge >= 0.3 is 0 Å². The lowest BCUT2D eigenvalue weighted by Crippen LogP contribution is -2.33. The fourth-order valence-corrected chi connectivity index (χ4v) is 3.02. The first kappa shape index (κ1) is 17.4. The summed E-state index contributed by atoms with van der Waals surface area (Å²) in [6, 6.07) is 17.0. The van der Waals surface area contributed by atoms with Crippen molar-refractivity contribution in [2.45, 2.75) is 12.5 Å². The third-order valence-corrected chi connectivity index (χ3v) is 4.44. The summed E-state index contributed by atoms with van der Waals surface area (Å²) < 4.78 is 5.52. The van der Waals surface area contributed by atoms with Gasteiger partial charge in [-0.15, -0.1) is 0 Å². The second-order valence-corrected chi connectivity index (χ2v) is 6.63. The third-order valence-electron chi connectivity index (χ3n) is 3.80. The number of H-pyrrole nitrogens is 1. The Morgan fingerprint density at radius 3 is 2.72 bits per heavy atom. The number of amides is 1. The molecule has 1 amide bonds. The Hall–Kier alpha value is -2.47. The second-order valence-electron chi connectivity index (χ2n) is 5.64. The summed E-state index contributed by atoms with van der Waals surface area (Å²) in [6.45, 7) is -0.0139. The summed E-state index contributed by atoms with van der Waals surface area (Å²) in [5.41, 5.74) is 1.88. The molecule has 1 heterocycles. The number of aromatic nitrogens is 2. The quantitative estimate of drug-likeness (QED) is 0.648. The number of benzene rings is 2. The summed E-state index contributed by atoms with van der Waals surface area (Å²) in [7, 11) is 0. The van der Waals surface area contributed by atoms with Crippen LogP contribution < -0.4 is 10.1 Å². The van der Waals surface area contributed by atoms with E-state index in [4.69, 9.17) is 4.74 Å². The number of imidazole rings is 1. The highest BCUT2D eigenvalue weighted by atomic mass is 32.2. The number of thioether (sulfide) groups is 1. The first-order valence-electron chi connectivity index (χ1n) is 8.17. The van der Waals surface area contributed by atoms with Crippen molar-refractivity contribution in [1.82, 2.24) is 15.3 Å². The minimum Gasteiger partial charge on any atom is -0.484 e. The summed E-state index contributed by atoms with van der Waals surface area (Å²) in [6.07, 6.45) is 2.86. The zero-order chi connectivity index (χ0) is 17.5. The number of para-hydroxylation sites is 3. The van der Waals surface area contributed by atoms with Gasteiger partial charge in [0, 0.05) is 0 Å². The standard InChI is InChI=1S/C19H21N3O2S/c1-25-12-11-17(19-21-15-9-5-6-10-16(15)22-19)20-18(23)13-24-14-7-3-2-4-8-14/h2-10,17H,11-13H2,1H3,(H,20,23)(H,21,22). The molecule has 0 spiro atoms. The van der Waals surface area contributed by atoms with E-state index in [2.05, 4.69) is 21.5 Å². The number of carbonyl (C=O) groups is 1. The van der Waals surface area contributed by atoms with Crippen LogP contribution in [0.4, 0.5) is 0 Å². The highest BCUT2D eigenvalue weighted by molar-refractivity contribution is 7.98. The Balaban J connectivity index is 1.66. The van der Waals surface area contributed by atoms with Gasteiger partial charge in [0.2, 0.25) is 0 Å². The van der Waals surface area contributed by atoms with Crippen LogP contribution in [-0.2, 0) is 4.79 Å². The maximum absolute atomic E-state index is 12.3. The van der Waals surface area contributed by atoms with Gasteiger partial charge in [0.1, 0.15) is 11.6 Å². The molecule has 6 heteroatoms. The van der Waals surface area contributed by atoms with Crippen LogP contribution in [0.2, 0.25) is 0 Å². The summed E-state index contributed by atoms with van der Waals surface area (Å²) in [4.78, 5) is 20.2. The molecule has 2 aromatic carbocycles. The summed E-state index contributed by atoms with van der Waals surface area (Å²) in [5, 5.41) is 3.03. The highest BCUT2D eigenvalue weighted by Gasteiger charge is 2.18. The molecule has 25 heavy (non-hydrogen) atoms. The topological polar surface area (TPSA) is 67.0 Å². The lowest BCUT2D eigenvalue weighted by Gasteiger charge is -2.16. The molecule has 0 saturated carbocycles. The SMILES string of the molecule is CSCCC(NC(=O)COc1ccccc1)c1nc2ccccc2[nH]1. The monoisotopic (exact) mass is 355 g/mol. The zero-order valence-corrected chi connectivity index (χ0v) is 14.9. The third kappa shape index (κ3) is 4.76. The van der Waals surface area contributed by atoms with E-state index < -0.39 is 0 Å². The van der Waals surface area contributed by atoms with Crippen molar-refractivity contribution >= 4 is 28.7 Å². The van der Waals surface area contributed by atoms with Crippen LogP contribution in [0.5, 0.6) is 5.75 Å². The minimum atomic E-state index is -0.160. The molecule has 0 fully saturated rings. The van der Waals surface area contributed by atoms with Crippen LogP contribution >= 0.6 is 11.8 Å². The molecule has 0 radical (unpaired) electrons. The predicted molar refractivity (Wildman–Crippen MR) is 102 cm³/mol. The maximum Gasteiger partial charge on any atom is 0.258 e. The molecule has 130 valence electrons. The van der Waals surface area contributed by atoms with Crippen molar-refractivity contribution in [3.8, 4) is 5.75 Å². The molecule has 0 aliphatic rings. The van der Waals surface area contributed by atoms with Crippen molar-refractivity contribution in [2.24, 2.45) is 0 Å². The molecule has 0 saturated heterocycles. The lowest BCUT2D eigenvalue weighted by atomic mass is 10.2. The van der Waals surface area contributed by atoms with E-state index in [1.807, 2.05) is 54.6 Å². The van der Waals surface area contributed by atoms with Crippen molar-refractivity contribution in [1.29, 1.82) is 0 Å². The van der Waals surface area contributed by atoms with E-state index in [-0.39, 0.29) is 18.6 Å². The molecule has 1 unspecified atom stereocenters. The number of nitrogens with one attached hydrogen (secondary N) is 2. The van der Waals surface area contributed by atoms with Gasteiger partial charge in [-0.1, -0.05) is 30.3 Å². The number of aromatic amines is 1. The summed E-state index contributed by atoms with van der Waals surface area (Å²) >= 11 is 1.74. The van der Waals surface area contributed by atoms with Crippen molar-refractivity contribution in [2.75, 3.05) is 18.6 Å². The summed E-state index contributed by atoms with van der Waals surface area (Å²) in [5.74, 6) is 2.24. The maximum atomic E-state index is 12.3. The average Bonchev–Trinajstić information content (AvgIpc) is 3.08. The number of carbonyl (C=O) groups excluding carboxylic acids is 1. The van der Waals surface area contributed by atoms with Crippen LogP contribution in [0, 0.1) is 0 Å². The van der Waals surface area contributed by atoms with Crippen LogP contribution in [0.3, 0.4) is 0 Å². The number of hydrogen-bond donors (Lipinski definition) is 2. The van der Waals surface area contributed by atoms with Crippen LogP contribution in [0.25, 0.3) is 11.0 Å². The van der Waals surface area contributed by atoms with E-state index in [1.54, 1.807) is 11.8 Å². The van der Waals surface area contributed by atoms with E-state index >= 15 is 0 Å². The van der Waals surface area contributed by atoms with Crippen molar-refractivity contribution in [3.63, 3.8) is 0 Å². The fraction of sp³-hybridized carbons (Fsp3) is 0.263. The van der Waals surface area contributed by atoms with Gasteiger partial charge in [0.05, 0.1) is 17.1 Å². The first-order valence-corrected chi connectivity index (χ1v) is 9.56. The molecule has 1 aromatic heterocycles. The van der Waals surface area contributed by atoms with E-state index in [9.17, 15) is 4.79 Å². The van der Waals surface area contributed by atoms with E-state index in [0.717, 1.165) is 29.0 Å². The van der Waals surface area contributed by atoms with Gasteiger partial charge in [-0.3, -0.25) is 4.79 Å². The van der Waals surface area contributed by atoms with Gasteiger partial charge in [-0.25, -0.2) is 4.98 Å². The number of ether oxygens (including phenoxy) is 1. The number of hydrogen-bond acceptors (Lipinski definition) is 4. The van der Waals surface area contributed by atoms with E-state index in [1.165, 1.54) is 0 Å². The molecule has 3 rings (SSSR count). The molecule has 3 aromatic rings. The van der Waals surface area contributed by atoms with Crippen LogP contribution in [-0.4, -0.2) is 34.5 Å². The average molecular weight is 355 g/mol. The van der Waals surface area contributed by atoms with Gasteiger partial charge in [-0.05, 0) is 42.7 Å². The van der Waals surface area contributed by atoms with Gasteiger partial charge in [0.25, 0.3) is 5.91 Å². The number of nitrogens with zero attached hydrogens (tertiary/aromatic N) is 1. The first-order chi connectivity index (χ1) is 12.3. The second kappa shape index (κ2) is 8.58. The highest BCUT2D eigenvalue weighted by Crippen LogP contribution is 2.20. The molecule has 0 aliphatic heterocycles.